The van der Waals surface area contributed by atoms with Crippen LogP contribution in [-0.2, 0) is 0 Å². The minimum atomic E-state index is 0.674. The molecule has 0 fully saturated rings. The summed E-state index contributed by atoms with van der Waals surface area (Å²) in [5.41, 5.74) is 2.07. The Labute approximate surface area is 119 Å². The summed E-state index contributed by atoms with van der Waals surface area (Å²) < 4.78 is 6.58. The van der Waals surface area contributed by atoms with Crippen LogP contribution < -0.4 is 4.74 Å². The highest BCUT2D eigenvalue weighted by Gasteiger charge is 2.04. The van der Waals surface area contributed by atoms with E-state index in [1.807, 2.05) is 42.8 Å². The predicted octanol–water partition coefficient (Wildman–Crippen LogP) is 4.51. The van der Waals surface area contributed by atoms with E-state index in [1.54, 1.807) is 22.7 Å². The van der Waals surface area contributed by atoms with E-state index in [2.05, 4.69) is 15.4 Å². The molecule has 0 spiro atoms. The fourth-order valence-corrected chi connectivity index (χ4v) is 3.13. The molecular formula is C14H12N2OS2. The first-order valence-electron chi connectivity index (χ1n) is 5.95. The van der Waals surface area contributed by atoms with Gasteiger partial charge in [-0.25, -0.2) is 9.98 Å². The summed E-state index contributed by atoms with van der Waals surface area (Å²) in [6.07, 6.45) is 1.84. The van der Waals surface area contributed by atoms with E-state index in [9.17, 15) is 0 Å². The van der Waals surface area contributed by atoms with Crippen molar-refractivity contribution >= 4 is 44.2 Å². The summed E-state index contributed by atoms with van der Waals surface area (Å²) in [7, 11) is 0. The van der Waals surface area contributed by atoms with Crippen molar-refractivity contribution in [3.63, 3.8) is 0 Å². The number of hydrogen-bond acceptors (Lipinski definition) is 5. The molecular weight excluding hydrogens is 276 g/mol. The molecule has 0 radical (unpaired) electrons. The van der Waals surface area contributed by atoms with E-state index in [0.29, 0.717) is 6.61 Å². The maximum Gasteiger partial charge on any atom is 0.210 e. The minimum Gasteiger partial charge on any atom is -0.494 e. The third kappa shape index (κ3) is 2.83. The molecule has 5 heteroatoms. The van der Waals surface area contributed by atoms with Crippen molar-refractivity contribution in [2.24, 2.45) is 4.99 Å². The molecule has 0 aliphatic rings. The van der Waals surface area contributed by atoms with Crippen LogP contribution in [0.5, 0.6) is 5.75 Å². The van der Waals surface area contributed by atoms with Gasteiger partial charge in [0, 0.05) is 11.8 Å². The molecule has 0 bridgehead atoms. The van der Waals surface area contributed by atoms with Crippen LogP contribution in [0.15, 0.2) is 40.0 Å². The molecule has 19 heavy (non-hydrogen) atoms. The summed E-state index contributed by atoms with van der Waals surface area (Å²) in [6.45, 7) is 2.65. The minimum absolute atomic E-state index is 0.674. The monoisotopic (exact) mass is 288 g/mol. The molecule has 0 aliphatic carbocycles. The molecule has 0 saturated heterocycles. The zero-order valence-electron chi connectivity index (χ0n) is 10.4. The number of fused-ring (bicyclic) bond motifs is 1. The zero-order chi connectivity index (χ0) is 13.1. The van der Waals surface area contributed by atoms with Crippen molar-refractivity contribution < 1.29 is 4.74 Å². The fraction of sp³-hybridized carbons (Fsp3) is 0.143. The highest BCUT2D eigenvalue weighted by molar-refractivity contribution is 7.22. The largest absolute Gasteiger partial charge is 0.494 e. The topological polar surface area (TPSA) is 34.5 Å². The highest BCUT2D eigenvalue weighted by atomic mass is 32.1. The molecule has 0 atom stereocenters. The lowest BCUT2D eigenvalue weighted by Gasteiger charge is -2.00. The van der Waals surface area contributed by atoms with Crippen molar-refractivity contribution in [2.45, 2.75) is 6.92 Å². The SMILES string of the molecule is CCOc1ccc2nc(/N=C/c3ccsc3)sc2c1. The summed E-state index contributed by atoms with van der Waals surface area (Å²) in [5.74, 6) is 0.881. The summed E-state index contributed by atoms with van der Waals surface area (Å²) in [4.78, 5) is 8.89. The second-order valence-electron chi connectivity index (χ2n) is 3.87. The smallest absolute Gasteiger partial charge is 0.210 e. The summed E-state index contributed by atoms with van der Waals surface area (Å²) >= 11 is 3.24. The number of rotatable bonds is 4. The second kappa shape index (κ2) is 5.50. The van der Waals surface area contributed by atoms with Crippen LogP contribution in [0.25, 0.3) is 10.2 Å². The van der Waals surface area contributed by atoms with Gasteiger partial charge >= 0.3 is 0 Å². The number of nitrogens with zero attached hydrogens (tertiary/aromatic N) is 2. The maximum absolute atomic E-state index is 5.48. The number of hydrogen-bond donors (Lipinski definition) is 0. The van der Waals surface area contributed by atoms with Gasteiger partial charge in [-0.05, 0) is 41.9 Å². The Morgan fingerprint density at radius 2 is 2.32 bits per heavy atom. The first-order valence-corrected chi connectivity index (χ1v) is 7.71. The third-order valence-corrected chi connectivity index (χ3v) is 4.15. The Balaban J connectivity index is 1.89. The molecule has 0 unspecified atom stereocenters. The Hall–Kier alpha value is -1.72. The van der Waals surface area contributed by atoms with Crippen LogP contribution in [-0.4, -0.2) is 17.8 Å². The Bertz CT molecular complexity index is 701. The lowest BCUT2D eigenvalue weighted by Crippen LogP contribution is -1.89. The molecule has 0 saturated carbocycles. The number of aliphatic imine (C=N–C) groups is 1. The molecule has 0 N–H and O–H groups in total. The highest BCUT2D eigenvalue weighted by Crippen LogP contribution is 2.30. The predicted molar refractivity (Wildman–Crippen MR) is 82.4 cm³/mol. The zero-order valence-corrected chi connectivity index (χ0v) is 12.0. The molecule has 0 amide bonds. The van der Waals surface area contributed by atoms with E-state index in [-0.39, 0.29) is 0 Å². The average molecular weight is 288 g/mol. The van der Waals surface area contributed by atoms with Crippen LogP contribution in [0.1, 0.15) is 12.5 Å². The third-order valence-electron chi connectivity index (χ3n) is 2.53. The van der Waals surface area contributed by atoms with E-state index in [4.69, 9.17) is 4.74 Å². The molecule has 3 aromatic rings. The van der Waals surface area contributed by atoms with Gasteiger partial charge in [0.2, 0.25) is 5.13 Å². The first kappa shape index (κ1) is 12.3. The number of thiazole rings is 1. The van der Waals surface area contributed by atoms with Crippen LogP contribution in [0, 0.1) is 0 Å². The van der Waals surface area contributed by atoms with Gasteiger partial charge in [-0.3, -0.25) is 0 Å². The fourth-order valence-electron chi connectivity index (χ4n) is 1.68. The summed E-state index contributed by atoms with van der Waals surface area (Å²) in [6, 6.07) is 7.97. The van der Waals surface area contributed by atoms with Gasteiger partial charge in [-0.1, -0.05) is 11.3 Å². The molecule has 3 nitrogen and oxygen atoms in total. The Kier molecular flexibility index (Phi) is 3.57. The van der Waals surface area contributed by atoms with Crippen molar-refractivity contribution in [3.05, 3.63) is 40.6 Å². The quantitative estimate of drug-likeness (QED) is 0.662. The van der Waals surface area contributed by atoms with Crippen molar-refractivity contribution in [1.82, 2.24) is 4.98 Å². The van der Waals surface area contributed by atoms with Gasteiger partial charge in [-0.2, -0.15) is 11.3 Å². The number of thiophene rings is 1. The maximum atomic E-state index is 5.48. The normalized spacial score (nSPS) is 11.4. The van der Waals surface area contributed by atoms with Gasteiger partial charge in [0.05, 0.1) is 16.8 Å². The Morgan fingerprint density at radius 1 is 1.37 bits per heavy atom. The number of benzene rings is 1. The van der Waals surface area contributed by atoms with Gasteiger partial charge in [0.1, 0.15) is 5.75 Å². The van der Waals surface area contributed by atoms with E-state index >= 15 is 0 Å². The molecule has 2 aromatic heterocycles. The first-order chi connectivity index (χ1) is 9.35. The van der Waals surface area contributed by atoms with Crippen LogP contribution in [0.2, 0.25) is 0 Å². The standard InChI is InChI=1S/C14H12N2OS2/c1-2-17-11-3-4-12-13(7-11)19-14(16-12)15-8-10-5-6-18-9-10/h3-9H,2H2,1H3/b15-8+. The molecule has 0 aliphatic heterocycles. The second-order valence-corrected chi connectivity index (χ2v) is 5.66. The summed E-state index contributed by atoms with van der Waals surface area (Å²) in [5, 5.41) is 4.87. The van der Waals surface area contributed by atoms with Gasteiger partial charge in [-0.15, -0.1) is 0 Å². The average Bonchev–Trinajstić information content (AvgIpc) is 3.05. The van der Waals surface area contributed by atoms with E-state index in [1.165, 1.54) is 0 Å². The number of aromatic nitrogens is 1. The van der Waals surface area contributed by atoms with Crippen LogP contribution in [0.4, 0.5) is 5.13 Å². The number of ether oxygens (including phenoxy) is 1. The molecule has 1 aromatic carbocycles. The molecule has 96 valence electrons. The van der Waals surface area contributed by atoms with Crippen molar-refractivity contribution in [3.8, 4) is 5.75 Å². The molecule has 3 rings (SSSR count). The van der Waals surface area contributed by atoms with Crippen molar-refractivity contribution in [2.75, 3.05) is 6.61 Å². The van der Waals surface area contributed by atoms with Crippen LogP contribution >= 0.6 is 22.7 Å². The lowest BCUT2D eigenvalue weighted by atomic mass is 10.3. The van der Waals surface area contributed by atoms with E-state index < -0.39 is 0 Å². The van der Waals surface area contributed by atoms with Gasteiger partial charge in [0.25, 0.3) is 0 Å². The van der Waals surface area contributed by atoms with Crippen molar-refractivity contribution in [1.29, 1.82) is 0 Å². The van der Waals surface area contributed by atoms with Gasteiger partial charge in [0.15, 0.2) is 0 Å². The lowest BCUT2D eigenvalue weighted by molar-refractivity contribution is 0.341. The Morgan fingerprint density at radius 3 is 3.11 bits per heavy atom. The van der Waals surface area contributed by atoms with Crippen LogP contribution in [0.3, 0.4) is 0 Å². The van der Waals surface area contributed by atoms with E-state index in [0.717, 1.165) is 26.7 Å². The van der Waals surface area contributed by atoms with Gasteiger partial charge < -0.3 is 4.74 Å². The molecule has 2 heterocycles.